The molecule has 0 N–H and O–H groups in total. The minimum absolute atomic E-state index is 0.0541. The standard InChI is InChI=1S/C12H13N3O2/c1-10-13-9-12(15(16)17)14(10)8-7-11-5-3-2-4-6-11/h2-6,9H,7-8H2,1H3. The van der Waals surface area contributed by atoms with Crippen molar-refractivity contribution in [1.29, 1.82) is 0 Å². The fourth-order valence-corrected chi connectivity index (χ4v) is 1.76. The van der Waals surface area contributed by atoms with E-state index in [4.69, 9.17) is 0 Å². The zero-order chi connectivity index (χ0) is 12.3. The van der Waals surface area contributed by atoms with Crippen molar-refractivity contribution in [1.82, 2.24) is 9.55 Å². The van der Waals surface area contributed by atoms with Crippen molar-refractivity contribution in [2.24, 2.45) is 0 Å². The predicted octanol–water partition coefficient (Wildman–Crippen LogP) is 2.34. The van der Waals surface area contributed by atoms with Crippen molar-refractivity contribution in [2.45, 2.75) is 19.9 Å². The first-order chi connectivity index (χ1) is 8.18. The lowest BCUT2D eigenvalue weighted by Gasteiger charge is -2.03. The Kier molecular flexibility index (Phi) is 3.18. The molecule has 0 atom stereocenters. The van der Waals surface area contributed by atoms with Crippen LogP contribution in [0.15, 0.2) is 36.5 Å². The zero-order valence-electron chi connectivity index (χ0n) is 9.54. The monoisotopic (exact) mass is 231 g/mol. The normalized spacial score (nSPS) is 10.4. The second-order valence-corrected chi connectivity index (χ2v) is 3.81. The summed E-state index contributed by atoms with van der Waals surface area (Å²) >= 11 is 0. The Balaban J connectivity index is 2.14. The molecule has 0 fully saturated rings. The number of aromatic nitrogens is 2. The molecule has 1 heterocycles. The maximum absolute atomic E-state index is 10.8. The smallest absolute Gasteiger partial charge is 0.342 e. The van der Waals surface area contributed by atoms with E-state index >= 15 is 0 Å². The van der Waals surface area contributed by atoms with Crippen molar-refractivity contribution < 1.29 is 4.92 Å². The van der Waals surface area contributed by atoms with E-state index in [0.29, 0.717) is 12.4 Å². The quantitative estimate of drug-likeness (QED) is 0.599. The van der Waals surface area contributed by atoms with Gasteiger partial charge < -0.3 is 10.1 Å². The molecule has 0 spiro atoms. The average Bonchev–Trinajstić information content (AvgIpc) is 2.69. The van der Waals surface area contributed by atoms with Crippen LogP contribution in [-0.4, -0.2) is 14.5 Å². The van der Waals surface area contributed by atoms with E-state index in [9.17, 15) is 10.1 Å². The summed E-state index contributed by atoms with van der Waals surface area (Å²) in [5, 5.41) is 10.8. The van der Waals surface area contributed by atoms with Gasteiger partial charge >= 0.3 is 5.82 Å². The minimum atomic E-state index is -0.398. The molecule has 0 saturated heterocycles. The van der Waals surface area contributed by atoms with E-state index in [1.165, 1.54) is 6.20 Å². The fourth-order valence-electron chi connectivity index (χ4n) is 1.76. The van der Waals surface area contributed by atoms with Crippen molar-refractivity contribution in [3.63, 3.8) is 0 Å². The number of benzene rings is 1. The van der Waals surface area contributed by atoms with Crippen LogP contribution >= 0.6 is 0 Å². The lowest BCUT2D eigenvalue weighted by Crippen LogP contribution is -2.07. The van der Waals surface area contributed by atoms with Crippen LogP contribution in [0.5, 0.6) is 0 Å². The number of rotatable bonds is 4. The molecule has 1 aromatic heterocycles. The topological polar surface area (TPSA) is 61.0 Å². The lowest BCUT2D eigenvalue weighted by molar-refractivity contribution is -0.392. The molecule has 0 saturated carbocycles. The van der Waals surface area contributed by atoms with Gasteiger partial charge in [-0.15, -0.1) is 0 Å². The third-order valence-corrected chi connectivity index (χ3v) is 2.69. The van der Waals surface area contributed by atoms with Crippen molar-refractivity contribution in [2.75, 3.05) is 0 Å². The Hall–Kier alpha value is -2.17. The summed E-state index contributed by atoms with van der Waals surface area (Å²) in [7, 11) is 0. The first-order valence-corrected chi connectivity index (χ1v) is 5.39. The van der Waals surface area contributed by atoms with Crippen LogP contribution in [0.2, 0.25) is 0 Å². The van der Waals surface area contributed by atoms with E-state index in [-0.39, 0.29) is 5.82 Å². The van der Waals surface area contributed by atoms with Gasteiger partial charge in [0.2, 0.25) is 0 Å². The lowest BCUT2D eigenvalue weighted by atomic mass is 10.1. The number of hydrogen-bond donors (Lipinski definition) is 0. The van der Waals surface area contributed by atoms with Crippen LogP contribution < -0.4 is 0 Å². The summed E-state index contributed by atoms with van der Waals surface area (Å²) in [5.74, 6) is 0.728. The van der Waals surface area contributed by atoms with E-state index in [2.05, 4.69) is 4.98 Å². The molecule has 0 radical (unpaired) electrons. The summed E-state index contributed by atoms with van der Waals surface area (Å²) in [6.07, 6.45) is 2.07. The molecule has 2 rings (SSSR count). The highest BCUT2D eigenvalue weighted by molar-refractivity contribution is 5.20. The molecule has 0 aliphatic carbocycles. The third-order valence-electron chi connectivity index (χ3n) is 2.69. The molecule has 5 nitrogen and oxygen atoms in total. The van der Waals surface area contributed by atoms with Gasteiger partial charge in [0.15, 0.2) is 5.82 Å². The Morgan fingerprint density at radius 2 is 2.06 bits per heavy atom. The fraction of sp³-hybridized carbons (Fsp3) is 0.250. The van der Waals surface area contributed by atoms with Crippen LogP contribution in [0.4, 0.5) is 5.82 Å². The van der Waals surface area contributed by atoms with Crippen molar-refractivity contribution in [3.05, 3.63) is 58.0 Å². The van der Waals surface area contributed by atoms with Gasteiger partial charge in [-0.3, -0.25) is 0 Å². The molecule has 0 unspecified atom stereocenters. The van der Waals surface area contributed by atoms with Crippen LogP contribution in [0.25, 0.3) is 0 Å². The first-order valence-electron chi connectivity index (χ1n) is 5.39. The maximum atomic E-state index is 10.8. The van der Waals surface area contributed by atoms with Gasteiger partial charge in [-0.2, -0.15) is 0 Å². The van der Waals surface area contributed by atoms with Crippen molar-refractivity contribution in [3.8, 4) is 0 Å². The van der Waals surface area contributed by atoms with E-state index in [1.807, 2.05) is 30.3 Å². The summed E-state index contributed by atoms with van der Waals surface area (Å²) in [6.45, 7) is 2.35. The molecule has 2 aromatic rings. The molecule has 0 amide bonds. The number of nitro groups is 1. The molecular formula is C12H13N3O2. The van der Waals surface area contributed by atoms with Gasteiger partial charge in [0.25, 0.3) is 0 Å². The Bertz CT molecular complexity index is 520. The highest BCUT2D eigenvalue weighted by Crippen LogP contribution is 2.14. The summed E-state index contributed by atoms with van der Waals surface area (Å²) in [5.41, 5.74) is 1.16. The molecule has 0 bridgehead atoms. The molecular weight excluding hydrogens is 218 g/mol. The van der Waals surface area contributed by atoms with Gasteiger partial charge in [-0.25, -0.2) is 9.55 Å². The van der Waals surface area contributed by atoms with Gasteiger partial charge in [0, 0.05) is 13.3 Å². The van der Waals surface area contributed by atoms with Gasteiger partial charge in [-0.05, 0) is 10.5 Å². The first kappa shape index (κ1) is 11.3. The van der Waals surface area contributed by atoms with Crippen LogP contribution in [0.1, 0.15) is 11.4 Å². The van der Waals surface area contributed by atoms with E-state index in [1.54, 1.807) is 11.5 Å². The van der Waals surface area contributed by atoms with Gasteiger partial charge in [0.05, 0.1) is 6.54 Å². The number of nitrogens with zero attached hydrogens (tertiary/aromatic N) is 3. The Labute approximate surface area is 98.9 Å². The SMILES string of the molecule is Cc1ncc([N+](=O)[O-])n1CCc1ccccc1. The molecule has 88 valence electrons. The molecule has 0 aliphatic rings. The number of aryl methyl sites for hydroxylation is 2. The molecule has 1 aromatic carbocycles. The summed E-state index contributed by atoms with van der Waals surface area (Å²) in [4.78, 5) is 14.4. The summed E-state index contributed by atoms with van der Waals surface area (Å²) in [6, 6.07) is 9.90. The number of imidazole rings is 1. The van der Waals surface area contributed by atoms with E-state index in [0.717, 1.165) is 12.0 Å². The highest BCUT2D eigenvalue weighted by atomic mass is 16.6. The minimum Gasteiger partial charge on any atom is -0.358 e. The second-order valence-electron chi connectivity index (χ2n) is 3.81. The maximum Gasteiger partial charge on any atom is 0.342 e. The van der Waals surface area contributed by atoms with Gasteiger partial charge in [-0.1, -0.05) is 30.3 Å². The van der Waals surface area contributed by atoms with E-state index < -0.39 is 4.92 Å². The predicted molar refractivity (Wildman–Crippen MR) is 63.8 cm³/mol. The Morgan fingerprint density at radius 3 is 2.71 bits per heavy atom. The summed E-state index contributed by atoms with van der Waals surface area (Å²) < 4.78 is 1.63. The van der Waals surface area contributed by atoms with Crippen molar-refractivity contribution >= 4 is 5.82 Å². The van der Waals surface area contributed by atoms with Crippen LogP contribution in [0, 0.1) is 17.0 Å². The second kappa shape index (κ2) is 4.78. The highest BCUT2D eigenvalue weighted by Gasteiger charge is 2.16. The Morgan fingerprint density at radius 1 is 1.35 bits per heavy atom. The van der Waals surface area contributed by atoms with Crippen LogP contribution in [-0.2, 0) is 13.0 Å². The van der Waals surface area contributed by atoms with Gasteiger partial charge in [0.1, 0.15) is 6.20 Å². The largest absolute Gasteiger partial charge is 0.358 e. The molecule has 17 heavy (non-hydrogen) atoms. The zero-order valence-corrected chi connectivity index (χ0v) is 9.54. The molecule has 0 aliphatic heterocycles. The van der Waals surface area contributed by atoms with Crippen LogP contribution in [0.3, 0.4) is 0 Å². The number of hydrogen-bond acceptors (Lipinski definition) is 3. The molecule has 5 heteroatoms. The average molecular weight is 231 g/mol. The third kappa shape index (κ3) is 2.50.